The van der Waals surface area contributed by atoms with E-state index in [2.05, 4.69) is 41.2 Å². The number of hydrogen-bond donors (Lipinski definition) is 1. The van der Waals surface area contributed by atoms with Gasteiger partial charge in [-0.2, -0.15) is 0 Å². The fourth-order valence-corrected chi connectivity index (χ4v) is 2.56. The van der Waals surface area contributed by atoms with Gasteiger partial charge in [0, 0.05) is 43.5 Å². The van der Waals surface area contributed by atoms with Gasteiger partial charge in [0.05, 0.1) is 0 Å². The SMILES string of the molecule is CC(C)N(CCc1ccccn1)CC1CCCN1. The first kappa shape index (κ1) is 13.5. The molecule has 2 heterocycles. The minimum Gasteiger partial charge on any atom is -0.313 e. The highest BCUT2D eigenvalue weighted by atomic mass is 15.2. The molecule has 1 atom stereocenters. The molecule has 0 spiro atoms. The lowest BCUT2D eigenvalue weighted by Gasteiger charge is -2.29. The van der Waals surface area contributed by atoms with E-state index in [1.54, 1.807) is 0 Å². The summed E-state index contributed by atoms with van der Waals surface area (Å²) in [5.41, 5.74) is 1.20. The maximum absolute atomic E-state index is 4.40. The van der Waals surface area contributed by atoms with E-state index in [0.29, 0.717) is 12.1 Å². The van der Waals surface area contributed by atoms with Crippen molar-refractivity contribution in [2.24, 2.45) is 0 Å². The summed E-state index contributed by atoms with van der Waals surface area (Å²) in [7, 11) is 0. The van der Waals surface area contributed by atoms with E-state index in [1.165, 1.54) is 31.6 Å². The number of hydrogen-bond acceptors (Lipinski definition) is 3. The molecule has 0 saturated carbocycles. The molecule has 1 aromatic heterocycles. The average Bonchev–Trinajstić information content (AvgIpc) is 2.88. The van der Waals surface area contributed by atoms with Crippen molar-refractivity contribution in [1.82, 2.24) is 15.2 Å². The molecule has 3 nitrogen and oxygen atoms in total. The van der Waals surface area contributed by atoms with E-state index >= 15 is 0 Å². The van der Waals surface area contributed by atoms with E-state index < -0.39 is 0 Å². The Kier molecular flexibility index (Phi) is 5.14. The molecule has 1 saturated heterocycles. The molecule has 0 bridgehead atoms. The molecule has 1 aliphatic rings. The van der Waals surface area contributed by atoms with Crippen molar-refractivity contribution in [3.63, 3.8) is 0 Å². The van der Waals surface area contributed by atoms with Crippen molar-refractivity contribution in [3.8, 4) is 0 Å². The Morgan fingerprint density at radius 2 is 2.33 bits per heavy atom. The Morgan fingerprint density at radius 3 is 2.94 bits per heavy atom. The van der Waals surface area contributed by atoms with Crippen LogP contribution in [-0.4, -0.2) is 41.6 Å². The van der Waals surface area contributed by atoms with Crippen LogP contribution in [0.25, 0.3) is 0 Å². The van der Waals surface area contributed by atoms with Crippen LogP contribution in [0.1, 0.15) is 32.4 Å². The molecule has 0 aliphatic carbocycles. The second-order valence-electron chi connectivity index (χ2n) is 5.45. The lowest BCUT2D eigenvalue weighted by Crippen LogP contribution is -2.42. The molecule has 18 heavy (non-hydrogen) atoms. The van der Waals surface area contributed by atoms with Crippen molar-refractivity contribution in [2.45, 2.75) is 45.2 Å². The Morgan fingerprint density at radius 1 is 1.44 bits per heavy atom. The highest BCUT2D eigenvalue weighted by Gasteiger charge is 2.19. The highest BCUT2D eigenvalue weighted by molar-refractivity contribution is 5.03. The highest BCUT2D eigenvalue weighted by Crippen LogP contribution is 2.10. The zero-order valence-corrected chi connectivity index (χ0v) is 11.6. The molecule has 0 radical (unpaired) electrons. The maximum Gasteiger partial charge on any atom is 0.0416 e. The van der Waals surface area contributed by atoms with Crippen LogP contribution < -0.4 is 5.32 Å². The van der Waals surface area contributed by atoms with Crippen LogP contribution in [0, 0.1) is 0 Å². The van der Waals surface area contributed by atoms with Gasteiger partial charge in [-0.05, 0) is 45.4 Å². The smallest absolute Gasteiger partial charge is 0.0416 e. The Balaban J connectivity index is 1.82. The van der Waals surface area contributed by atoms with Gasteiger partial charge in [0.25, 0.3) is 0 Å². The minimum absolute atomic E-state index is 0.608. The molecule has 0 aromatic carbocycles. The first-order chi connectivity index (χ1) is 8.75. The molecular formula is C15H25N3. The van der Waals surface area contributed by atoms with E-state index in [1.807, 2.05) is 12.3 Å². The summed E-state index contributed by atoms with van der Waals surface area (Å²) in [5.74, 6) is 0. The second-order valence-corrected chi connectivity index (χ2v) is 5.45. The van der Waals surface area contributed by atoms with Gasteiger partial charge in [-0.15, -0.1) is 0 Å². The lowest BCUT2D eigenvalue weighted by atomic mass is 10.1. The molecule has 2 rings (SSSR count). The van der Waals surface area contributed by atoms with E-state index in [0.717, 1.165) is 13.0 Å². The number of nitrogens with one attached hydrogen (secondary N) is 1. The number of pyridine rings is 1. The van der Waals surface area contributed by atoms with Crippen LogP contribution in [0.3, 0.4) is 0 Å². The zero-order chi connectivity index (χ0) is 12.8. The normalized spacial score (nSPS) is 19.9. The third-order valence-corrected chi connectivity index (χ3v) is 3.73. The summed E-state index contributed by atoms with van der Waals surface area (Å²) >= 11 is 0. The fourth-order valence-electron chi connectivity index (χ4n) is 2.56. The molecule has 1 N–H and O–H groups in total. The number of nitrogens with zero attached hydrogens (tertiary/aromatic N) is 2. The summed E-state index contributed by atoms with van der Waals surface area (Å²) in [4.78, 5) is 6.97. The lowest BCUT2D eigenvalue weighted by molar-refractivity contribution is 0.204. The van der Waals surface area contributed by atoms with Gasteiger partial charge in [-0.25, -0.2) is 0 Å². The third kappa shape index (κ3) is 4.07. The molecule has 1 aromatic rings. The van der Waals surface area contributed by atoms with Crippen molar-refractivity contribution in [2.75, 3.05) is 19.6 Å². The third-order valence-electron chi connectivity index (χ3n) is 3.73. The van der Waals surface area contributed by atoms with Crippen LogP contribution in [0.15, 0.2) is 24.4 Å². The summed E-state index contributed by atoms with van der Waals surface area (Å²) in [6.07, 6.45) is 5.59. The molecule has 1 unspecified atom stereocenters. The zero-order valence-electron chi connectivity index (χ0n) is 11.6. The molecular weight excluding hydrogens is 222 g/mol. The summed E-state index contributed by atoms with van der Waals surface area (Å²) in [6.45, 7) is 8.04. The van der Waals surface area contributed by atoms with Gasteiger partial charge in [0.15, 0.2) is 0 Å². The fraction of sp³-hybridized carbons (Fsp3) is 0.667. The van der Waals surface area contributed by atoms with Crippen molar-refractivity contribution >= 4 is 0 Å². The first-order valence-electron chi connectivity index (χ1n) is 7.13. The average molecular weight is 247 g/mol. The number of rotatable bonds is 6. The molecule has 1 fully saturated rings. The van der Waals surface area contributed by atoms with E-state index in [4.69, 9.17) is 0 Å². The Hall–Kier alpha value is -0.930. The van der Waals surface area contributed by atoms with Crippen LogP contribution >= 0.6 is 0 Å². The van der Waals surface area contributed by atoms with Gasteiger partial charge in [0.1, 0.15) is 0 Å². The molecule has 0 amide bonds. The largest absolute Gasteiger partial charge is 0.313 e. The standard InChI is InChI=1S/C15H25N3/c1-13(2)18(12-15-7-5-10-17-15)11-8-14-6-3-4-9-16-14/h3-4,6,9,13,15,17H,5,7-8,10-12H2,1-2H3. The van der Waals surface area contributed by atoms with Crippen molar-refractivity contribution in [1.29, 1.82) is 0 Å². The van der Waals surface area contributed by atoms with Gasteiger partial charge < -0.3 is 5.32 Å². The van der Waals surface area contributed by atoms with Crippen LogP contribution in [0.2, 0.25) is 0 Å². The van der Waals surface area contributed by atoms with E-state index in [9.17, 15) is 0 Å². The van der Waals surface area contributed by atoms with Gasteiger partial charge in [0.2, 0.25) is 0 Å². The predicted molar refractivity (Wildman–Crippen MR) is 75.7 cm³/mol. The monoisotopic (exact) mass is 247 g/mol. The van der Waals surface area contributed by atoms with Gasteiger partial charge in [-0.1, -0.05) is 6.07 Å². The van der Waals surface area contributed by atoms with Crippen LogP contribution in [0.5, 0.6) is 0 Å². The van der Waals surface area contributed by atoms with Crippen LogP contribution in [-0.2, 0) is 6.42 Å². The van der Waals surface area contributed by atoms with E-state index in [-0.39, 0.29) is 0 Å². The van der Waals surface area contributed by atoms with Crippen molar-refractivity contribution in [3.05, 3.63) is 30.1 Å². The first-order valence-corrected chi connectivity index (χ1v) is 7.13. The Bertz CT molecular complexity index is 331. The maximum atomic E-state index is 4.40. The quantitative estimate of drug-likeness (QED) is 0.834. The molecule has 3 heteroatoms. The van der Waals surface area contributed by atoms with Crippen LogP contribution in [0.4, 0.5) is 0 Å². The van der Waals surface area contributed by atoms with Crippen molar-refractivity contribution < 1.29 is 0 Å². The predicted octanol–water partition coefficient (Wildman–Crippen LogP) is 2.09. The Labute approximate surface area is 111 Å². The summed E-state index contributed by atoms with van der Waals surface area (Å²) < 4.78 is 0. The van der Waals surface area contributed by atoms with Gasteiger partial charge >= 0.3 is 0 Å². The summed E-state index contributed by atoms with van der Waals surface area (Å²) in [6, 6.07) is 7.46. The summed E-state index contributed by atoms with van der Waals surface area (Å²) in [5, 5.41) is 3.58. The number of aromatic nitrogens is 1. The minimum atomic E-state index is 0.608. The van der Waals surface area contributed by atoms with Gasteiger partial charge in [-0.3, -0.25) is 9.88 Å². The second kappa shape index (κ2) is 6.86. The topological polar surface area (TPSA) is 28.2 Å². The molecule has 1 aliphatic heterocycles. The molecule has 100 valence electrons.